The fourth-order valence-corrected chi connectivity index (χ4v) is 9.27. The molecular formula is C30H37N3O4S. The standard InChI is InChI=1S/C30H37N3O4S/c1-5-13-31-27(35)24-23-15-19(4)30(38-23)25(24)29(37)33(22(16-34)20-9-7-6-8-10-20)26(30)28(36)32-21-14-17(2)11-12-18(21)3/h6-12,14,19,22-26,34H,5,13,15-16H2,1-4H3,(H,31,35)(H,32,36)/t19?,22-,23-,24+,25+,26?,30?/m1/s1. The molecule has 0 saturated carbocycles. The highest BCUT2D eigenvalue weighted by Gasteiger charge is 2.76. The molecule has 3 fully saturated rings. The second-order valence-corrected chi connectivity index (χ2v) is 12.6. The van der Waals surface area contributed by atoms with Crippen LogP contribution >= 0.6 is 11.8 Å². The number of rotatable bonds is 8. The molecule has 5 rings (SSSR count). The Labute approximate surface area is 228 Å². The Morgan fingerprint density at radius 3 is 2.58 bits per heavy atom. The molecule has 1 spiro atoms. The first kappa shape index (κ1) is 26.8. The number of benzene rings is 2. The van der Waals surface area contributed by atoms with E-state index in [1.807, 2.05) is 69.3 Å². The summed E-state index contributed by atoms with van der Waals surface area (Å²) in [6, 6.07) is 13.8. The zero-order valence-corrected chi connectivity index (χ0v) is 23.3. The number of aliphatic hydroxyl groups is 1. The second-order valence-electron chi connectivity index (χ2n) is 11.0. The number of nitrogens with one attached hydrogen (secondary N) is 2. The van der Waals surface area contributed by atoms with Crippen molar-refractivity contribution in [2.24, 2.45) is 17.8 Å². The molecule has 3 aliphatic rings. The summed E-state index contributed by atoms with van der Waals surface area (Å²) in [5.74, 6) is -1.65. The molecule has 3 saturated heterocycles. The van der Waals surface area contributed by atoms with Crippen molar-refractivity contribution in [3.63, 3.8) is 0 Å². The molecule has 8 heteroatoms. The lowest BCUT2D eigenvalue weighted by atomic mass is 9.66. The summed E-state index contributed by atoms with van der Waals surface area (Å²) in [5, 5.41) is 16.7. The maximum Gasteiger partial charge on any atom is 0.248 e. The predicted molar refractivity (Wildman–Crippen MR) is 150 cm³/mol. The number of likely N-dealkylation sites (tertiary alicyclic amines) is 1. The Bertz CT molecular complexity index is 1240. The number of thioether (sulfide) groups is 1. The smallest absolute Gasteiger partial charge is 0.248 e. The summed E-state index contributed by atoms with van der Waals surface area (Å²) in [6.45, 7) is 8.26. The van der Waals surface area contributed by atoms with E-state index in [0.717, 1.165) is 29.5 Å². The van der Waals surface area contributed by atoms with E-state index >= 15 is 0 Å². The van der Waals surface area contributed by atoms with Gasteiger partial charge in [0.1, 0.15) is 6.04 Å². The van der Waals surface area contributed by atoms with E-state index in [9.17, 15) is 19.5 Å². The average molecular weight is 536 g/mol. The minimum atomic E-state index is -0.828. The predicted octanol–water partition coefficient (Wildman–Crippen LogP) is 3.84. The third-order valence-corrected chi connectivity index (χ3v) is 10.7. The van der Waals surface area contributed by atoms with Crippen molar-refractivity contribution in [2.75, 3.05) is 18.5 Å². The Balaban J connectivity index is 1.61. The van der Waals surface area contributed by atoms with Crippen LogP contribution in [-0.2, 0) is 14.4 Å². The number of fused-ring (bicyclic) bond motifs is 1. The van der Waals surface area contributed by atoms with Gasteiger partial charge in [-0.1, -0.05) is 56.3 Å². The van der Waals surface area contributed by atoms with Gasteiger partial charge in [-0.05, 0) is 55.4 Å². The molecular weight excluding hydrogens is 498 g/mol. The van der Waals surface area contributed by atoms with E-state index in [-0.39, 0.29) is 35.5 Å². The van der Waals surface area contributed by atoms with Gasteiger partial charge in [-0.3, -0.25) is 14.4 Å². The number of carbonyl (C=O) groups excluding carboxylic acids is 3. The maximum atomic E-state index is 14.4. The van der Waals surface area contributed by atoms with Gasteiger partial charge in [-0.2, -0.15) is 0 Å². The lowest BCUT2D eigenvalue weighted by Gasteiger charge is -2.40. The normalized spacial score (nSPS) is 30.3. The summed E-state index contributed by atoms with van der Waals surface area (Å²) in [6.07, 6.45) is 1.58. The molecule has 0 aromatic heterocycles. The highest BCUT2D eigenvalue weighted by molar-refractivity contribution is 8.02. The highest BCUT2D eigenvalue weighted by Crippen LogP contribution is 2.69. The Kier molecular flexibility index (Phi) is 7.31. The lowest BCUT2D eigenvalue weighted by molar-refractivity contribution is -0.142. The Hall–Kier alpha value is -2.84. The van der Waals surface area contributed by atoms with Gasteiger partial charge in [0, 0.05) is 17.5 Å². The minimum Gasteiger partial charge on any atom is -0.394 e. The molecule has 3 unspecified atom stereocenters. The van der Waals surface area contributed by atoms with Gasteiger partial charge in [0.25, 0.3) is 0 Å². The summed E-state index contributed by atoms with van der Waals surface area (Å²) in [4.78, 5) is 43.7. The molecule has 0 radical (unpaired) electrons. The fourth-order valence-electron chi connectivity index (χ4n) is 6.86. The van der Waals surface area contributed by atoms with Crippen molar-refractivity contribution in [1.29, 1.82) is 0 Å². The quantitative estimate of drug-likeness (QED) is 0.477. The van der Waals surface area contributed by atoms with Gasteiger partial charge in [0.2, 0.25) is 17.7 Å². The third kappa shape index (κ3) is 4.13. The number of nitrogens with zero attached hydrogens (tertiary/aromatic N) is 1. The van der Waals surface area contributed by atoms with Crippen LogP contribution < -0.4 is 10.6 Å². The van der Waals surface area contributed by atoms with Crippen LogP contribution in [0.1, 0.15) is 49.4 Å². The van der Waals surface area contributed by atoms with Gasteiger partial charge in [0.15, 0.2) is 0 Å². The number of hydrogen-bond donors (Lipinski definition) is 3. The van der Waals surface area contributed by atoms with Crippen molar-refractivity contribution >= 4 is 35.2 Å². The van der Waals surface area contributed by atoms with Gasteiger partial charge >= 0.3 is 0 Å². The molecule has 3 heterocycles. The number of aryl methyl sites for hydroxylation is 2. The third-order valence-electron chi connectivity index (χ3n) is 8.63. The van der Waals surface area contributed by atoms with Gasteiger partial charge in [-0.25, -0.2) is 0 Å². The van der Waals surface area contributed by atoms with E-state index in [0.29, 0.717) is 12.2 Å². The first-order valence-corrected chi connectivity index (χ1v) is 14.4. The van der Waals surface area contributed by atoms with Gasteiger partial charge in [-0.15, -0.1) is 11.8 Å². The number of amides is 3. The molecule has 2 aromatic carbocycles. The number of anilines is 1. The summed E-state index contributed by atoms with van der Waals surface area (Å²) in [5.41, 5.74) is 3.44. The van der Waals surface area contributed by atoms with Crippen LogP contribution in [0.3, 0.4) is 0 Å². The first-order chi connectivity index (χ1) is 18.2. The number of hydrogen-bond acceptors (Lipinski definition) is 5. The van der Waals surface area contributed by atoms with Crippen molar-refractivity contribution in [3.05, 3.63) is 65.2 Å². The molecule has 7 nitrogen and oxygen atoms in total. The molecule has 0 aliphatic carbocycles. The van der Waals surface area contributed by atoms with Crippen molar-refractivity contribution in [3.8, 4) is 0 Å². The summed E-state index contributed by atoms with van der Waals surface area (Å²) < 4.78 is -0.750. The molecule has 7 atom stereocenters. The highest BCUT2D eigenvalue weighted by atomic mass is 32.2. The molecule has 38 heavy (non-hydrogen) atoms. The molecule has 2 bridgehead atoms. The van der Waals surface area contributed by atoms with Crippen molar-refractivity contribution in [1.82, 2.24) is 10.2 Å². The SMILES string of the molecule is CCCNC(=O)[C@@H]1[C@H]2C(=O)N([C@H](CO)c3ccccc3)C(C(=O)Nc3cc(C)ccc3C)C23S[C@@H]1CC3C. The van der Waals surface area contributed by atoms with Crippen LogP contribution in [0.25, 0.3) is 0 Å². The summed E-state index contributed by atoms with van der Waals surface area (Å²) in [7, 11) is 0. The number of aliphatic hydroxyl groups excluding tert-OH is 1. The summed E-state index contributed by atoms with van der Waals surface area (Å²) >= 11 is 1.65. The van der Waals surface area contributed by atoms with Gasteiger partial charge in [0.05, 0.1) is 29.2 Å². The van der Waals surface area contributed by atoms with Crippen LogP contribution in [0.4, 0.5) is 5.69 Å². The fraction of sp³-hybridized carbons (Fsp3) is 0.500. The molecule has 202 valence electrons. The van der Waals surface area contributed by atoms with E-state index in [2.05, 4.69) is 17.6 Å². The second kappa shape index (κ2) is 10.4. The average Bonchev–Trinajstić information content (AvgIpc) is 3.50. The lowest BCUT2D eigenvalue weighted by Crippen LogP contribution is -2.55. The largest absolute Gasteiger partial charge is 0.394 e. The van der Waals surface area contributed by atoms with Crippen molar-refractivity contribution in [2.45, 2.75) is 62.6 Å². The van der Waals surface area contributed by atoms with Crippen molar-refractivity contribution < 1.29 is 19.5 Å². The molecule has 3 amide bonds. The first-order valence-electron chi connectivity index (χ1n) is 13.6. The van der Waals surface area contributed by atoms with E-state index in [4.69, 9.17) is 0 Å². The Morgan fingerprint density at radius 1 is 1.16 bits per heavy atom. The number of carbonyl (C=O) groups is 3. The zero-order chi connectivity index (χ0) is 27.2. The van der Waals surface area contributed by atoms with Crippen LogP contribution in [0.2, 0.25) is 0 Å². The minimum absolute atomic E-state index is 0.0155. The van der Waals surface area contributed by atoms with Crippen LogP contribution in [0.15, 0.2) is 48.5 Å². The molecule has 3 N–H and O–H groups in total. The maximum absolute atomic E-state index is 14.4. The van der Waals surface area contributed by atoms with E-state index in [1.54, 1.807) is 16.7 Å². The zero-order valence-electron chi connectivity index (χ0n) is 22.4. The molecule has 2 aromatic rings. The van der Waals surface area contributed by atoms with Gasteiger partial charge < -0.3 is 20.6 Å². The monoisotopic (exact) mass is 535 g/mol. The van der Waals surface area contributed by atoms with E-state index in [1.165, 1.54) is 0 Å². The van der Waals surface area contributed by atoms with E-state index < -0.39 is 28.7 Å². The van der Waals surface area contributed by atoms with Crippen LogP contribution in [0, 0.1) is 31.6 Å². The Morgan fingerprint density at radius 2 is 1.89 bits per heavy atom. The molecule has 3 aliphatic heterocycles. The van der Waals surface area contributed by atoms with Crippen LogP contribution in [0.5, 0.6) is 0 Å². The van der Waals surface area contributed by atoms with Crippen LogP contribution in [-0.4, -0.2) is 56.9 Å². The topological polar surface area (TPSA) is 98.7 Å².